The van der Waals surface area contributed by atoms with Crippen LogP contribution in [0.5, 0.6) is 0 Å². The molecule has 0 spiro atoms. The topological polar surface area (TPSA) is 12.0 Å². The number of nitrogens with one attached hydrogen (secondary N) is 1. The van der Waals surface area contributed by atoms with Crippen LogP contribution in [0.15, 0.2) is 24.3 Å². The average molecular weight is 189 g/mol. The van der Waals surface area contributed by atoms with Crippen molar-refractivity contribution >= 4 is 0 Å². The molecule has 0 aliphatic carbocycles. The van der Waals surface area contributed by atoms with E-state index in [2.05, 4.69) is 50.4 Å². The quantitative estimate of drug-likeness (QED) is 0.661. The molecule has 0 saturated heterocycles. The number of fused-ring (bicyclic) bond motifs is 1. The molecule has 0 bridgehead atoms. The normalized spacial score (nSPS) is 21.8. The van der Waals surface area contributed by atoms with Crippen molar-refractivity contribution in [3.63, 3.8) is 0 Å². The summed E-state index contributed by atoms with van der Waals surface area (Å²) in [4.78, 5) is 0. The number of rotatable bonds is 0. The summed E-state index contributed by atoms with van der Waals surface area (Å²) in [6.45, 7) is 7.94. The second kappa shape index (κ2) is 3.39. The van der Waals surface area contributed by atoms with Gasteiger partial charge in [-0.25, -0.2) is 0 Å². The molecule has 1 aromatic carbocycles. The Labute approximate surface area is 86.5 Å². The zero-order valence-electron chi connectivity index (χ0n) is 9.30. The molecule has 2 rings (SSSR count). The highest BCUT2D eigenvalue weighted by molar-refractivity contribution is 5.30. The summed E-state index contributed by atoms with van der Waals surface area (Å²) < 4.78 is 0. The SMILES string of the molecule is CC(C)(C)[C@@H]1Cc2ccccc2CN1. The Morgan fingerprint density at radius 1 is 1.14 bits per heavy atom. The summed E-state index contributed by atoms with van der Waals surface area (Å²) in [7, 11) is 0. The molecule has 0 unspecified atom stereocenters. The van der Waals surface area contributed by atoms with Gasteiger partial charge in [0.15, 0.2) is 0 Å². The van der Waals surface area contributed by atoms with Crippen LogP contribution >= 0.6 is 0 Å². The maximum absolute atomic E-state index is 3.62. The van der Waals surface area contributed by atoms with E-state index in [0.29, 0.717) is 11.5 Å². The standard InChI is InChI=1S/C13H19N/c1-13(2,3)12-8-10-6-4-5-7-11(10)9-14-12/h4-7,12,14H,8-9H2,1-3H3/t12-/m0/s1. The second-order valence-electron chi connectivity index (χ2n) is 5.27. The first-order valence-electron chi connectivity index (χ1n) is 5.37. The van der Waals surface area contributed by atoms with Crippen LogP contribution in [0.4, 0.5) is 0 Å². The van der Waals surface area contributed by atoms with E-state index in [1.807, 2.05) is 0 Å². The summed E-state index contributed by atoms with van der Waals surface area (Å²) in [6.07, 6.45) is 1.17. The lowest BCUT2D eigenvalue weighted by molar-refractivity contribution is 0.255. The van der Waals surface area contributed by atoms with Gasteiger partial charge in [0.25, 0.3) is 0 Å². The molecule has 1 N–H and O–H groups in total. The molecule has 1 atom stereocenters. The minimum atomic E-state index is 0.355. The van der Waals surface area contributed by atoms with Crippen LogP contribution in [0.2, 0.25) is 0 Å². The summed E-state index contributed by atoms with van der Waals surface area (Å²) in [5.74, 6) is 0. The van der Waals surface area contributed by atoms with Gasteiger partial charge < -0.3 is 5.32 Å². The van der Waals surface area contributed by atoms with E-state index in [0.717, 1.165) is 6.54 Å². The zero-order valence-corrected chi connectivity index (χ0v) is 9.30. The Balaban J connectivity index is 2.22. The lowest BCUT2D eigenvalue weighted by Gasteiger charge is -2.35. The fourth-order valence-corrected chi connectivity index (χ4v) is 2.07. The average Bonchev–Trinajstić information content (AvgIpc) is 2.16. The third kappa shape index (κ3) is 1.83. The van der Waals surface area contributed by atoms with E-state index in [-0.39, 0.29) is 0 Å². The third-order valence-electron chi connectivity index (χ3n) is 3.13. The van der Waals surface area contributed by atoms with Crippen molar-refractivity contribution in [3.8, 4) is 0 Å². The Hall–Kier alpha value is -0.820. The summed E-state index contributed by atoms with van der Waals surface area (Å²) in [5, 5.41) is 3.62. The van der Waals surface area contributed by atoms with Gasteiger partial charge in [-0.3, -0.25) is 0 Å². The van der Waals surface area contributed by atoms with Crippen molar-refractivity contribution in [2.45, 2.75) is 39.8 Å². The third-order valence-corrected chi connectivity index (χ3v) is 3.13. The molecule has 76 valence electrons. The lowest BCUT2D eigenvalue weighted by Crippen LogP contribution is -2.44. The van der Waals surface area contributed by atoms with Crippen LogP contribution in [-0.4, -0.2) is 6.04 Å². The van der Waals surface area contributed by atoms with E-state index in [1.54, 1.807) is 0 Å². The van der Waals surface area contributed by atoms with Crippen molar-refractivity contribution in [2.24, 2.45) is 5.41 Å². The van der Waals surface area contributed by atoms with Gasteiger partial charge in [0, 0.05) is 12.6 Å². The second-order valence-corrected chi connectivity index (χ2v) is 5.27. The number of hydrogen-bond acceptors (Lipinski definition) is 1. The Morgan fingerprint density at radius 2 is 1.79 bits per heavy atom. The number of hydrogen-bond donors (Lipinski definition) is 1. The van der Waals surface area contributed by atoms with Crippen LogP contribution in [0.1, 0.15) is 31.9 Å². The minimum Gasteiger partial charge on any atom is -0.309 e. The van der Waals surface area contributed by atoms with Gasteiger partial charge in [0.2, 0.25) is 0 Å². The van der Waals surface area contributed by atoms with Crippen LogP contribution in [0.25, 0.3) is 0 Å². The van der Waals surface area contributed by atoms with Gasteiger partial charge >= 0.3 is 0 Å². The van der Waals surface area contributed by atoms with Gasteiger partial charge in [0.05, 0.1) is 0 Å². The molecule has 1 heteroatoms. The Morgan fingerprint density at radius 3 is 2.43 bits per heavy atom. The molecule has 0 radical (unpaired) electrons. The van der Waals surface area contributed by atoms with E-state index >= 15 is 0 Å². The molecule has 0 fully saturated rings. The zero-order chi connectivity index (χ0) is 10.2. The Kier molecular flexibility index (Phi) is 2.36. The maximum Gasteiger partial charge on any atom is 0.0211 e. The highest BCUT2D eigenvalue weighted by Crippen LogP contribution is 2.27. The maximum atomic E-state index is 3.62. The fourth-order valence-electron chi connectivity index (χ4n) is 2.07. The first kappa shape index (κ1) is 9.72. The molecule has 1 aromatic rings. The molecule has 1 heterocycles. The van der Waals surface area contributed by atoms with Crippen molar-refractivity contribution < 1.29 is 0 Å². The predicted octanol–water partition coefficient (Wildman–Crippen LogP) is 2.75. The van der Waals surface area contributed by atoms with Crippen molar-refractivity contribution in [1.82, 2.24) is 5.32 Å². The van der Waals surface area contributed by atoms with Gasteiger partial charge in [-0.05, 0) is 23.0 Å². The minimum absolute atomic E-state index is 0.355. The monoisotopic (exact) mass is 189 g/mol. The Bertz CT molecular complexity index is 322. The highest BCUT2D eigenvalue weighted by atomic mass is 14.9. The van der Waals surface area contributed by atoms with Crippen LogP contribution in [0, 0.1) is 5.41 Å². The van der Waals surface area contributed by atoms with Crippen molar-refractivity contribution in [3.05, 3.63) is 35.4 Å². The molecule has 14 heavy (non-hydrogen) atoms. The molecular weight excluding hydrogens is 170 g/mol. The smallest absolute Gasteiger partial charge is 0.0211 e. The molecule has 1 nitrogen and oxygen atoms in total. The molecule has 1 aliphatic rings. The van der Waals surface area contributed by atoms with Gasteiger partial charge in [-0.1, -0.05) is 45.0 Å². The van der Waals surface area contributed by atoms with E-state index in [9.17, 15) is 0 Å². The highest BCUT2D eigenvalue weighted by Gasteiger charge is 2.27. The molecular formula is C13H19N. The van der Waals surface area contributed by atoms with Crippen LogP contribution in [0.3, 0.4) is 0 Å². The van der Waals surface area contributed by atoms with E-state index in [1.165, 1.54) is 17.5 Å². The van der Waals surface area contributed by atoms with Crippen LogP contribution < -0.4 is 5.32 Å². The molecule has 0 aromatic heterocycles. The first-order valence-corrected chi connectivity index (χ1v) is 5.37. The molecule has 0 amide bonds. The van der Waals surface area contributed by atoms with Crippen LogP contribution in [-0.2, 0) is 13.0 Å². The first-order chi connectivity index (χ1) is 6.57. The lowest BCUT2D eigenvalue weighted by atomic mass is 9.80. The van der Waals surface area contributed by atoms with Crippen molar-refractivity contribution in [2.75, 3.05) is 0 Å². The van der Waals surface area contributed by atoms with Gasteiger partial charge in [0.1, 0.15) is 0 Å². The van der Waals surface area contributed by atoms with Gasteiger partial charge in [-0.2, -0.15) is 0 Å². The van der Waals surface area contributed by atoms with E-state index in [4.69, 9.17) is 0 Å². The fraction of sp³-hybridized carbons (Fsp3) is 0.538. The summed E-state index contributed by atoms with van der Waals surface area (Å²) in [5.41, 5.74) is 3.34. The van der Waals surface area contributed by atoms with E-state index < -0.39 is 0 Å². The molecule has 0 saturated carbocycles. The summed E-state index contributed by atoms with van der Waals surface area (Å²) in [6, 6.07) is 9.36. The number of benzene rings is 1. The largest absolute Gasteiger partial charge is 0.309 e. The summed E-state index contributed by atoms with van der Waals surface area (Å²) >= 11 is 0. The van der Waals surface area contributed by atoms with Crippen molar-refractivity contribution in [1.29, 1.82) is 0 Å². The molecule has 1 aliphatic heterocycles. The predicted molar refractivity (Wildman–Crippen MR) is 60.2 cm³/mol. The van der Waals surface area contributed by atoms with Gasteiger partial charge in [-0.15, -0.1) is 0 Å².